The Morgan fingerprint density at radius 1 is 1.11 bits per heavy atom. The van der Waals surface area contributed by atoms with Gasteiger partial charge in [-0.2, -0.15) is 0 Å². The van der Waals surface area contributed by atoms with Gasteiger partial charge in [-0.25, -0.2) is 4.98 Å². The second-order valence-corrected chi connectivity index (χ2v) is 8.25. The van der Waals surface area contributed by atoms with Crippen molar-refractivity contribution in [2.75, 3.05) is 6.54 Å². The number of rotatable bonds is 3. The average molecular weight is 376 g/mol. The van der Waals surface area contributed by atoms with Crippen molar-refractivity contribution in [3.63, 3.8) is 0 Å². The zero-order chi connectivity index (χ0) is 19.8. The molecular weight excluding hydrogens is 346 g/mol. The second-order valence-electron chi connectivity index (χ2n) is 8.25. The van der Waals surface area contributed by atoms with Gasteiger partial charge in [-0.3, -0.25) is 4.79 Å². The smallest absolute Gasteiger partial charge is 0.228 e. The van der Waals surface area contributed by atoms with E-state index < -0.39 is 0 Å². The number of hydrogen-bond donors (Lipinski definition) is 0. The van der Waals surface area contributed by atoms with Crippen LogP contribution in [-0.2, 0) is 11.2 Å². The molecule has 28 heavy (non-hydrogen) atoms. The lowest BCUT2D eigenvalue weighted by atomic mass is 10.0. The molecule has 1 atom stereocenters. The molecule has 0 bridgehead atoms. The van der Waals surface area contributed by atoms with Crippen LogP contribution in [0.2, 0.25) is 0 Å². The third-order valence-electron chi connectivity index (χ3n) is 6.10. The Kier molecular flexibility index (Phi) is 4.96. The van der Waals surface area contributed by atoms with Gasteiger partial charge in [0.15, 0.2) is 0 Å². The van der Waals surface area contributed by atoms with E-state index in [-0.39, 0.29) is 5.91 Å². The molecule has 146 valence electrons. The van der Waals surface area contributed by atoms with Crippen molar-refractivity contribution < 1.29 is 4.79 Å². The van der Waals surface area contributed by atoms with Crippen molar-refractivity contribution >= 4 is 11.6 Å². The van der Waals surface area contributed by atoms with Crippen LogP contribution in [0.15, 0.2) is 36.5 Å². The molecule has 4 heteroatoms. The monoisotopic (exact) mass is 375 g/mol. The summed E-state index contributed by atoms with van der Waals surface area (Å²) in [6, 6.07) is 10.9. The molecule has 0 saturated carbocycles. The highest BCUT2D eigenvalue weighted by Crippen LogP contribution is 2.28. The van der Waals surface area contributed by atoms with Gasteiger partial charge in [0, 0.05) is 24.3 Å². The molecule has 1 fully saturated rings. The quantitative estimate of drug-likeness (QED) is 0.655. The first-order valence-electron chi connectivity index (χ1n) is 10.3. The maximum absolute atomic E-state index is 13.2. The van der Waals surface area contributed by atoms with E-state index in [1.54, 1.807) is 0 Å². The normalized spacial score (nSPS) is 17.3. The largest absolute Gasteiger partial charge is 0.340 e. The SMILES string of the molecule is Cc1ccn2c(CC(=O)N3CCCCC3C)c(-c3ccc(C)c(C)c3)nc2c1. The summed E-state index contributed by atoms with van der Waals surface area (Å²) >= 11 is 0. The van der Waals surface area contributed by atoms with Crippen molar-refractivity contribution in [1.82, 2.24) is 14.3 Å². The first-order valence-corrected chi connectivity index (χ1v) is 10.3. The Balaban J connectivity index is 1.78. The fourth-order valence-corrected chi connectivity index (χ4v) is 4.20. The van der Waals surface area contributed by atoms with E-state index >= 15 is 0 Å². The fraction of sp³-hybridized carbons (Fsp3) is 0.417. The van der Waals surface area contributed by atoms with E-state index in [0.29, 0.717) is 12.5 Å². The summed E-state index contributed by atoms with van der Waals surface area (Å²) in [6.07, 6.45) is 5.85. The standard InChI is InChI=1S/C24H29N3O/c1-16-10-12-27-21(15-23(28)26-11-6-5-7-19(26)4)24(25-22(27)13-16)20-9-8-17(2)18(3)14-20/h8-10,12-14,19H,5-7,11,15H2,1-4H3. The van der Waals surface area contributed by atoms with Gasteiger partial charge in [0.2, 0.25) is 5.91 Å². The summed E-state index contributed by atoms with van der Waals surface area (Å²) in [5.74, 6) is 0.208. The molecule has 1 aliphatic rings. The van der Waals surface area contributed by atoms with E-state index in [0.717, 1.165) is 42.0 Å². The number of amides is 1. The van der Waals surface area contributed by atoms with Crippen molar-refractivity contribution in [3.8, 4) is 11.3 Å². The average Bonchev–Trinajstić information content (AvgIpc) is 3.01. The van der Waals surface area contributed by atoms with Crippen molar-refractivity contribution in [2.24, 2.45) is 0 Å². The highest BCUT2D eigenvalue weighted by Gasteiger charge is 2.26. The van der Waals surface area contributed by atoms with Gasteiger partial charge in [-0.1, -0.05) is 12.1 Å². The van der Waals surface area contributed by atoms with Gasteiger partial charge in [0.25, 0.3) is 0 Å². The molecule has 0 aliphatic carbocycles. The maximum Gasteiger partial charge on any atom is 0.228 e. The molecule has 1 amide bonds. The molecular formula is C24H29N3O. The third kappa shape index (κ3) is 3.44. The number of hydrogen-bond acceptors (Lipinski definition) is 2. The summed E-state index contributed by atoms with van der Waals surface area (Å²) in [5, 5.41) is 0. The third-order valence-corrected chi connectivity index (χ3v) is 6.10. The number of pyridine rings is 1. The number of nitrogens with zero attached hydrogens (tertiary/aromatic N) is 3. The minimum atomic E-state index is 0.208. The van der Waals surface area contributed by atoms with E-state index in [1.165, 1.54) is 23.1 Å². The van der Waals surface area contributed by atoms with Gasteiger partial charge in [0.1, 0.15) is 5.65 Å². The van der Waals surface area contributed by atoms with E-state index in [2.05, 4.69) is 67.3 Å². The number of aromatic nitrogens is 2. The summed E-state index contributed by atoms with van der Waals surface area (Å²) in [5.41, 5.74) is 7.58. The van der Waals surface area contributed by atoms with Crippen LogP contribution in [0.5, 0.6) is 0 Å². The molecule has 1 aliphatic heterocycles. The molecule has 4 nitrogen and oxygen atoms in total. The highest BCUT2D eigenvalue weighted by atomic mass is 16.2. The zero-order valence-electron chi connectivity index (χ0n) is 17.3. The second kappa shape index (κ2) is 7.42. The van der Waals surface area contributed by atoms with Gasteiger partial charge >= 0.3 is 0 Å². The van der Waals surface area contributed by atoms with E-state index in [9.17, 15) is 4.79 Å². The van der Waals surface area contributed by atoms with Crippen LogP contribution >= 0.6 is 0 Å². The number of piperidine rings is 1. The molecule has 1 unspecified atom stereocenters. The molecule has 4 rings (SSSR count). The van der Waals surface area contributed by atoms with Crippen molar-refractivity contribution in [3.05, 3.63) is 58.9 Å². The molecule has 3 aromatic rings. The number of likely N-dealkylation sites (tertiary alicyclic amines) is 1. The summed E-state index contributed by atoms with van der Waals surface area (Å²) in [6.45, 7) is 9.35. The number of fused-ring (bicyclic) bond motifs is 1. The Bertz CT molecular complexity index is 1030. The number of imidazole rings is 1. The predicted octanol–water partition coefficient (Wildman–Crippen LogP) is 4.87. The van der Waals surface area contributed by atoms with E-state index in [1.807, 2.05) is 6.20 Å². The van der Waals surface area contributed by atoms with Crippen LogP contribution in [0, 0.1) is 20.8 Å². The van der Waals surface area contributed by atoms with Gasteiger partial charge in [0.05, 0.1) is 17.8 Å². The minimum Gasteiger partial charge on any atom is -0.340 e. The minimum absolute atomic E-state index is 0.208. The zero-order valence-corrected chi connectivity index (χ0v) is 17.3. The molecule has 0 radical (unpaired) electrons. The Labute approximate surface area is 167 Å². The molecule has 3 heterocycles. The maximum atomic E-state index is 13.2. The molecule has 2 aromatic heterocycles. The van der Waals surface area contributed by atoms with E-state index in [4.69, 9.17) is 4.98 Å². The van der Waals surface area contributed by atoms with Crippen molar-refractivity contribution in [1.29, 1.82) is 0 Å². The number of benzene rings is 1. The lowest BCUT2D eigenvalue weighted by molar-refractivity contribution is -0.133. The van der Waals surface area contributed by atoms with Crippen LogP contribution in [0.25, 0.3) is 16.9 Å². The lowest BCUT2D eigenvalue weighted by Gasteiger charge is -2.33. The topological polar surface area (TPSA) is 37.6 Å². The molecule has 1 aromatic carbocycles. The van der Waals surface area contributed by atoms with Crippen LogP contribution in [0.3, 0.4) is 0 Å². The molecule has 1 saturated heterocycles. The van der Waals surface area contributed by atoms with Crippen LogP contribution in [0.1, 0.15) is 48.6 Å². The number of carbonyl (C=O) groups is 1. The molecule has 0 N–H and O–H groups in total. The predicted molar refractivity (Wildman–Crippen MR) is 114 cm³/mol. The number of aryl methyl sites for hydroxylation is 3. The van der Waals surface area contributed by atoms with Crippen LogP contribution in [0.4, 0.5) is 0 Å². The Morgan fingerprint density at radius 3 is 2.68 bits per heavy atom. The summed E-state index contributed by atoms with van der Waals surface area (Å²) in [7, 11) is 0. The summed E-state index contributed by atoms with van der Waals surface area (Å²) < 4.78 is 2.09. The van der Waals surface area contributed by atoms with Gasteiger partial charge in [-0.15, -0.1) is 0 Å². The first kappa shape index (κ1) is 18.7. The van der Waals surface area contributed by atoms with Gasteiger partial charge in [-0.05, 0) is 81.8 Å². The molecule has 0 spiro atoms. The van der Waals surface area contributed by atoms with Crippen LogP contribution in [-0.4, -0.2) is 32.8 Å². The summed E-state index contributed by atoms with van der Waals surface area (Å²) in [4.78, 5) is 20.2. The fourth-order valence-electron chi connectivity index (χ4n) is 4.20. The lowest BCUT2D eigenvalue weighted by Crippen LogP contribution is -2.43. The number of carbonyl (C=O) groups excluding carboxylic acids is 1. The Hall–Kier alpha value is -2.62. The van der Waals surface area contributed by atoms with Crippen LogP contribution < -0.4 is 0 Å². The first-order chi connectivity index (χ1) is 13.4. The highest BCUT2D eigenvalue weighted by molar-refractivity contribution is 5.82. The van der Waals surface area contributed by atoms with Crippen molar-refractivity contribution in [2.45, 2.75) is 59.4 Å². The van der Waals surface area contributed by atoms with Gasteiger partial charge < -0.3 is 9.30 Å². The Morgan fingerprint density at radius 2 is 1.93 bits per heavy atom.